The molecule has 0 aliphatic carbocycles. The van der Waals surface area contributed by atoms with Gasteiger partial charge < -0.3 is 10.1 Å². The van der Waals surface area contributed by atoms with Gasteiger partial charge in [0.1, 0.15) is 17.9 Å². The lowest BCUT2D eigenvalue weighted by atomic mass is 10.1. The summed E-state index contributed by atoms with van der Waals surface area (Å²) in [4.78, 5) is 8.50. The van der Waals surface area contributed by atoms with E-state index in [9.17, 15) is 8.78 Å². The van der Waals surface area contributed by atoms with Crippen molar-refractivity contribution in [1.82, 2.24) is 9.97 Å². The predicted octanol–water partition coefficient (Wildman–Crippen LogP) is 4.15. The van der Waals surface area contributed by atoms with Crippen LogP contribution in [0, 0.1) is 6.92 Å². The van der Waals surface area contributed by atoms with Crippen LogP contribution in [0.25, 0.3) is 10.9 Å². The van der Waals surface area contributed by atoms with E-state index in [1.54, 1.807) is 18.2 Å². The van der Waals surface area contributed by atoms with Crippen molar-refractivity contribution in [3.05, 3.63) is 59.9 Å². The normalized spacial score (nSPS) is 11.0. The number of aromatic nitrogens is 2. The first-order chi connectivity index (χ1) is 11.1. The smallest absolute Gasteiger partial charge is 0.387 e. The Morgan fingerprint density at radius 1 is 1.09 bits per heavy atom. The molecule has 1 N–H and O–H groups in total. The van der Waals surface area contributed by atoms with Crippen molar-refractivity contribution in [3.63, 3.8) is 0 Å². The fourth-order valence-corrected chi connectivity index (χ4v) is 2.46. The SMILES string of the molecule is Cc1cccc2ncnc(NCc3ccccc3OC(F)F)c12. The second-order valence-corrected chi connectivity index (χ2v) is 5.03. The van der Waals surface area contributed by atoms with E-state index >= 15 is 0 Å². The molecule has 0 unspecified atom stereocenters. The molecular weight excluding hydrogens is 300 g/mol. The molecule has 0 aliphatic heterocycles. The average molecular weight is 315 g/mol. The first-order valence-electron chi connectivity index (χ1n) is 7.12. The van der Waals surface area contributed by atoms with Crippen LogP contribution in [-0.4, -0.2) is 16.6 Å². The van der Waals surface area contributed by atoms with Crippen LogP contribution in [0.3, 0.4) is 0 Å². The average Bonchev–Trinajstić information content (AvgIpc) is 2.53. The number of benzene rings is 2. The van der Waals surface area contributed by atoms with Crippen molar-refractivity contribution in [1.29, 1.82) is 0 Å². The molecule has 0 bridgehead atoms. The number of hydrogen-bond donors (Lipinski definition) is 1. The van der Waals surface area contributed by atoms with Gasteiger partial charge in [-0.2, -0.15) is 8.78 Å². The fourth-order valence-electron chi connectivity index (χ4n) is 2.46. The van der Waals surface area contributed by atoms with E-state index in [1.165, 1.54) is 12.4 Å². The molecule has 0 atom stereocenters. The van der Waals surface area contributed by atoms with Crippen molar-refractivity contribution in [2.75, 3.05) is 5.32 Å². The number of anilines is 1. The molecule has 0 saturated carbocycles. The number of nitrogens with zero attached hydrogens (tertiary/aromatic N) is 2. The lowest BCUT2D eigenvalue weighted by Crippen LogP contribution is -2.08. The van der Waals surface area contributed by atoms with Crippen LogP contribution >= 0.6 is 0 Å². The Hall–Kier alpha value is -2.76. The molecule has 3 aromatic rings. The van der Waals surface area contributed by atoms with Crippen molar-refractivity contribution >= 4 is 16.7 Å². The van der Waals surface area contributed by atoms with E-state index in [0.29, 0.717) is 17.9 Å². The standard InChI is InChI=1S/C17H15F2N3O/c1-11-5-4-7-13-15(11)16(22-10-21-13)20-9-12-6-2-3-8-14(12)23-17(18)19/h2-8,10,17H,9H2,1H3,(H,20,21,22). The third kappa shape index (κ3) is 3.36. The molecule has 0 amide bonds. The van der Waals surface area contributed by atoms with Crippen molar-refractivity contribution in [3.8, 4) is 5.75 Å². The highest BCUT2D eigenvalue weighted by Crippen LogP contribution is 2.25. The number of halogens is 2. The molecule has 4 nitrogen and oxygen atoms in total. The van der Waals surface area contributed by atoms with Crippen LogP contribution in [0.1, 0.15) is 11.1 Å². The first kappa shape index (κ1) is 15.1. The Kier molecular flexibility index (Phi) is 4.32. The van der Waals surface area contributed by atoms with Gasteiger partial charge in [0, 0.05) is 17.5 Å². The number of rotatable bonds is 5. The zero-order valence-electron chi connectivity index (χ0n) is 12.5. The molecule has 0 saturated heterocycles. The third-order valence-corrected chi connectivity index (χ3v) is 3.51. The molecule has 0 spiro atoms. The quantitative estimate of drug-likeness (QED) is 0.768. The summed E-state index contributed by atoms with van der Waals surface area (Å²) in [5.74, 6) is 0.824. The lowest BCUT2D eigenvalue weighted by molar-refractivity contribution is -0.0504. The first-order valence-corrected chi connectivity index (χ1v) is 7.12. The fraction of sp³-hybridized carbons (Fsp3) is 0.176. The van der Waals surface area contributed by atoms with Gasteiger partial charge in [0.15, 0.2) is 0 Å². The minimum absolute atomic E-state index is 0.157. The maximum atomic E-state index is 12.5. The molecule has 2 aromatic carbocycles. The maximum Gasteiger partial charge on any atom is 0.387 e. The lowest BCUT2D eigenvalue weighted by Gasteiger charge is -2.13. The highest BCUT2D eigenvalue weighted by atomic mass is 19.3. The van der Waals surface area contributed by atoms with Crippen molar-refractivity contribution < 1.29 is 13.5 Å². The molecule has 0 aliphatic rings. The Labute approximate surface area is 132 Å². The largest absolute Gasteiger partial charge is 0.434 e. The van der Waals surface area contributed by atoms with Crippen LogP contribution < -0.4 is 10.1 Å². The number of nitrogens with one attached hydrogen (secondary N) is 1. The van der Waals surface area contributed by atoms with Gasteiger partial charge >= 0.3 is 6.61 Å². The summed E-state index contributed by atoms with van der Waals surface area (Å²) in [7, 11) is 0. The van der Waals surface area contributed by atoms with E-state index in [-0.39, 0.29) is 5.75 Å². The molecule has 6 heteroatoms. The van der Waals surface area contributed by atoms with Gasteiger partial charge in [0.25, 0.3) is 0 Å². The summed E-state index contributed by atoms with van der Waals surface area (Å²) < 4.78 is 29.5. The molecule has 1 heterocycles. The number of para-hydroxylation sites is 1. The zero-order chi connectivity index (χ0) is 16.2. The monoisotopic (exact) mass is 315 g/mol. The Balaban J connectivity index is 1.87. The number of hydrogen-bond acceptors (Lipinski definition) is 4. The van der Waals surface area contributed by atoms with E-state index in [2.05, 4.69) is 20.0 Å². The number of alkyl halides is 2. The molecule has 3 rings (SSSR count). The molecule has 1 aromatic heterocycles. The van der Waals surface area contributed by atoms with E-state index in [1.807, 2.05) is 25.1 Å². The van der Waals surface area contributed by atoms with E-state index < -0.39 is 6.61 Å². The summed E-state index contributed by atoms with van der Waals surface area (Å²) in [5, 5.41) is 4.10. The van der Waals surface area contributed by atoms with Gasteiger partial charge in [-0.25, -0.2) is 9.97 Å². The number of fused-ring (bicyclic) bond motifs is 1. The topological polar surface area (TPSA) is 47.0 Å². The Morgan fingerprint density at radius 3 is 2.74 bits per heavy atom. The van der Waals surface area contributed by atoms with Crippen LogP contribution in [0.4, 0.5) is 14.6 Å². The van der Waals surface area contributed by atoms with Gasteiger partial charge in [-0.1, -0.05) is 30.3 Å². The van der Waals surface area contributed by atoms with Crippen LogP contribution in [-0.2, 0) is 6.54 Å². The molecule has 0 radical (unpaired) electrons. The summed E-state index contributed by atoms with van der Waals surface area (Å²) in [5.41, 5.74) is 2.51. The Morgan fingerprint density at radius 2 is 1.91 bits per heavy atom. The maximum absolute atomic E-state index is 12.5. The Bertz CT molecular complexity index is 819. The van der Waals surface area contributed by atoms with Gasteiger partial charge in [-0.05, 0) is 24.6 Å². The zero-order valence-corrected chi connectivity index (χ0v) is 12.5. The van der Waals surface area contributed by atoms with Crippen LogP contribution in [0.5, 0.6) is 5.75 Å². The third-order valence-electron chi connectivity index (χ3n) is 3.51. The minimum Gasteiger partial charge on any atom is -0.434 e. The second kappa shape index (κ2) is 6.56. The van der Waals surface area contributed by atoms with E-state index in [0.717, 1.165) is 16.5 Å². The van der Waals surface area contributed by atoms with Gasteiger partial charge in [-0.3, -0.25) is 0 Å². The number of aryl methyl sites for hydroxylation is 1. The molecular formula is C17H15F2N3O. The van der Waals surface area contributed by atoms with Gasteiger partial charge in [0.05, 0.1) is 5.52 Å². The highest BCUT2D eigenvalue weighted by molar-refractivity contribution is 5.91. The van der Waals surface area contributed by atoms with Crippen LogP contribution in [0.15, 0.2) is 48.8 Å². The number of ether oxygens (including phenoxy) is 1. The summed E-state index contributed by atoms with van der Waals surface area (Å²) >= 11 is 0. The minimum atomic E-state index is -2.85. The molecule has 0 fully saturated rings. The van der Waals surface area contributed by atoms with Gasteiger partial charge in [0.2, 0.25) is 0 Å². The van der Waals surface area contributed by atoms with Crippen molar-refractivity contribution in [2.45, 2.75) is 20.1 Å². The van der Waals surface area contributed by atoms with Gasteiger partial charge in [-0.15, -0.1) is 0 Å². The summed E-state index contributed by atoms with van der Waals surface area (Å²) in [6.07, 6.45) is 1.48. The highest BCUT2D eigenvalue weighted by Gasteiger charge is 2.10. The van der Waals surface area contributed by atoms with Crippen LogP contribution in [0.2, 0.25) is 0 Å². The summed E-state index contributed by atoms with van der Waals surface area (Å²) in [6.45, 7) is -0.549. The van der Waals surface area contributed by atoms with E-state index in [4.69, 9.17) is 0 Å². The second-order valence-electron chi connectivity index (χ2n) is 5.03. The molecule has 23 heavy (non-hydrogen) atoms. The molecule has 118 valence electrons. The summed E-state index contributed by atoms with van der Waals surface area (Å²) in [6, 6.07) is 12.5. The predicted molar refractivity (Wildman–Crippen MR) is 84.7 cm³/mol. The van der Waals surface area contributed by atoms with Crippen molar-refractivity contribution in [2.24, 2.45) is 0 Å².